The number of likely N-dealkylation sites (N-methyl/N-ethyl adjacent to an activating group) is 1. The van der Waals surface area contributed by atoms with Crippen molar-refractivity contribution in [2.75, 3.05) is 26.1 Å². The van der Waals surface area contributed by atoms with Gasteiger partial charge in [-0.25, -0.2) is 0 Å². The number of halogens is 1. The second-order valence-electron chi connectivity index (χ2n) is 5.37. The van der Waals surface area contributed by atoms with Gasteiger partial charge in [0, 0.05) is 29.4 Å². The molecule has 0 fully saturated rings. The van der Waals surface area contributed by atoms with Crippen molar-refractivity contribution in [2.24, 2.45) is 0 Å². The van der Waals surface area contributed by atoms with Crippen LogP contribution in [0.3, 0.4) is 0 Å². The summed E-state index contributed by atoms with van der Waals surface area (Å²) >= 11 is 6.00. The highest BCUT2D eigenvalue weighted by Gasteiger charge is 2.29. The lowest BCUT2D eigenvalue weighted by atomic mass is 9.98. The van der Waals surface area contributed by atoms with E-state index in [1.807, 2.05) is 12.1 Å². The van der Waals surface area contributed by atoms with Crippen molar-refractivity contribution in [2.45, 2.75) is 25.3 Å². The smallest absolute Gasteiger partial charge is 0.122 e. The summed E-state index contributed by atoms with van der Waals surface area (Å²) in [5.74, 6) is 2.13. The summed E-state index contributed by atoms with van der Waals surface area (Å²) in [5, 5.41) is 0. The molecule has 0 amide bonds. The zero-order valence-electron chi connectivity index (χ0n) is 10.7. The van der Waals surface area contributed by atoms with Crippen molar-refractivity contribution in [3.63, 3.8) is 0 Å². The van der Waals surface area contributed by atoms with Gasteiger partial charge in [0.1, 0.15) is 5.75 Å². The van der Waals surface area contributed by atoms with Gasteiger partial charge in [0.05, 0.1) is 6.61 Å². The number of benzene rings is 1. The van der Waals surface area contributed by atoms with E-state index in [0.717, 1.165) is 18.9 Å². The minimum absolute atomic E-state index is 0.0269. The maximum Gasteiger partial charge on any atom is 0.122 e. The number of alkyl halides is 1. The molecule has 1 aromatic rings. The van der Waals surface area contributed by atoms with Crippen LogP contribution < -0.4 is 4.74 Å². The highest BCUT2D eigenvalue weighted by atomic mass is 35.5. The molecule has 1 aliphatic rings. The molecule has 0 aromatic heterocycles. The van der Waals surface area contributed by atoms with Crippen molar-refractivity contribution < 1.29 is 4.74 Å². The maximum atomic E-state index is 6.00. The van der Waals surface area contributed by atoms with Crippen LogP contribution in [0.2, 0.25) is 0 Å². The van der Waals surface area contributed by atoms with E-state index < -0.39 is 0 Å². The van der Waals surface area contributed by atoms with E-state index in [-0.39, 0.29) is 5.54 Å². The van der Waals surface area contributed by atoms with E-state index in [0.29, 0.717) is 11.8 Å². The summed E-state index contributed by atoms with van der Waals surface area (Å²) in [6, 6.07) is 8.30. The van der Waals surface area contributed by atoms with Gasteiger partial charge < -0.3 is 4.74 Å². The first-order chi connectivity index (χ1) is 8.04. The fourth-order valence-electron chi connectivity index (χ4n) is 2.06. The summed E-state index contributed by atoms with van der Waals surface area (Å²) in [7, 11) is 2.13. The predicted octanol–water partition coefficient (Wildman–Crippen LogP) is 3.11. The third-order valence-electron chi connectivity index (χ3n) is 3.65. The monoisotopic (exact) mass is 253 g/mol. The Morgan fingerprint density at radius 2 is 2.12 bits per heavy atom. The number of fused-ring (bicyclic) bond motifs is 1. The SMILES string of the molecule is CN(CC1COc2ccccc21)C(C)(C)CCl. The van der Waals surface area contributed by atoms with Crippen LogP contribution >= 0.6 is 11.6 Å². The van der Waals surface area contributed by atoms with E-state index >= 15 is 0 Å². The molecule has 1 atom stereocenters. The van der Waals surface area contributed by atoms with Gasteiger partial charge in [-0.2, -0.15) is 0 Å². The van der Waals surface area contributed by atoms with Crippen LogP contribution in [0, 0.1) is 0 Å². The van der Waals surface area contributed by atoms with Gasteiger partial charge in [-0.3, -0.25) is 4.90 Å². The lowest BCUT2D eigenvalue weighted by Crippen LogP contribution is -2.44. The zero-order chi connectivity index (χ0) is 12.5. The molecule has 1 aliphatic heterocycles. The molecule has 0 radical (unpaired) electrons. The Morgan fingerprint density at radius 3 is 2.82 bits per heavy atom. The topological polar surface area (TPSA) is 12.5 Å². The molecule has 1 aromatic carbocycles. The lowest BCUT2D eigenvalue weighted by Gasteiger charge is -2.35. The molecule has 1 heterocycles. The van der Waals surface area contributed by atoms with Gasteiger partial charge >= 0.3 is 0 Å². The average molecular weight is 254 g/mol. The summed E-state index contributed by atoms with van der Waals surface area (Å²) in [6.07, 6.45) is 0. The van der Waals surface area contributed by atoms with Gasteiger partial charge in [0.2, 0.25) is 0 Å². The third-order valence-corrected chi connectivity index (χ3v) is 4.31. The highest BCUT2D eigenvalue weighted by Crippen LogP contribution is 2.34. The van der Waals surface area contributed by atoms with Crippen LogP contribution in [0.15, 0.2) is 24.3 Å². The van der Waals surface area contributed by atoms with Gasteiger partial charge in [-0.15, -0.1) is 11.6 Å². The first-order valence-corrected chi connectivity index (χ1v) is 6.57. The largest absolute Gasteiger partial charge is 0.493 e. The number of nitrogens with zero attached hydrogens (tertiary/aromatic N) is 1. The van der Waals surface area contributed by atoms with E-state index in [2.05, 4.69) is 37.9 Å². The number of ether oxygens (including phenoxy) is 1. The van der Waals surface area contributed by atoms with Crippen LogP contribution in [-0.4, -0.2) is 36.5 Å². The molecule has 17 heavy (non-hydrogen) atoms. The molecule has 0 aliphatic carbocycles. The van der Waals surface area contributed by atoms with Crippen LogP contribution in [0.4, 0.5) is 0 Å². The Kier molecular flexibility index (Phi) is 3.64. The molecule has 2 nitrogen and oxygen atoms in total. The molecule has 0 spiro atoms. The number of hydrogen-bond acceptors (Lipinski definition) is 2. The average Bonchev–Trinajstić information content (AvgIpc) is 2.73. The summed E-state index contributed by atoms with van der Waals surface area (Å²) in [6.45, 7) is 6.10. The molecule has 3 heteroatoms. The van der Waals surface area contributed by atoms with E-state index in [1.54, 1.807) is 0 Å². The van der Waals surface area contributed by atoms with Gasteiger partial charge in [-0.05, 0) is 27.0 Å². The number of rotatable bonds is 4. The molecular weight excluding hydrogens is 234 g/mol. The van der Waals surface area contributed by atoms with Crippen LogP contribution in [0.25, 0.3) is 0 Å². The van der Waals surface area contributed by atoms with Gasteiger partial charge in [-0.1, -0.05) is 18.2 Å². The van der Waals surface area contributed by atoms with Crippen molar-refractivity contribution >= 4 is 11.6 Å². The molecule has 0 saturated carbocycles. The van der Waals surface area contributed by atoms with Gasteiger partial charge in [0.15, 0.2) is 0 Å². The standard InChI is InChI=1S/C14H20ClNO/c1-14(2,10-15)16(3)8-11-9-17-13-7-5-4-6-12(11)13/h4-7,11H,8-10H2,1-3H3. The summed E-state index contributed by atoms with van der Waals surface area (Å²) < 4.78 is 5.70. The second-order valence-corrected chi connectivity index (χ2v) is 5.64. The minimum atomic E-state index is 0.0269. The first kappa shape index (κ1) is 12.7. The Labute approximate surface area is 109 Å². The quantitative estimate of drug-likeness (QED) is 0.765. The first-order valence-electron chi connectivity index (χ1n) is 6.03. The number of hydrogen-bond donors (Lipinski definition) is 0. The molecular formula is C14H20ClNO. The fraction of sp³-hybridized carbons (Fsp3) is 0.571. The Hall–Kier alpha value is -0.730. The molecule has 2 rings (SSSR count). The van der Waals surface area contributed by atoms with Crippen LogP contribution in [0.5, 0.6) is 5.75 Å². The Morgan fingerprint density at radius 1 is 1.41 bits per heavy atom. The molecule has 0 saturated heterocycles. The van der Waals surface area contributed by atoms with Gasteiger partial charge in [0.25, 0.3) is 0 Å². The highest BCUT2D eigenvalue weighted by molar-refractivity contribution is 6.18. The Balaban J connectivity index is 2.07. The minimum Gasteiger partial charge on any atom is -0.493 e. The molecule has 94 valence electrons. The molecule has 1 unspecified atom stereocenters. The van der Waals surface area contributed by atoms with Crippen LogP contribution in [0.1, 0.15) is 25.3 Å². The van der Waals surface area contributed by atoms with Crippen molar-refractivity contribution in [1.29, 1.82) is 0 Å². The number of para-hydroxylation sites is 1. The fourth-order valence-corrected chi connectivity index (χ4v) is 2.26. The molecule has 0 bridgehead atoms. The van der Waals surface area contributed by atoms with Crippen molar-refractivity contribution in [3.05, 3.63) is 29.8 Å². The predicted molar refractivity (Wildman–Crippen MR) is 72.1 cm³/mol. The Bertz CT molecular complexity index is 392. The summed E-state index contributed by atoms with van der Waals surface area (Å²) in [5.41, 5.74) is 1.35. The van der Waals surface area contributed by atoms with Crippen molar-refractivity contribution in [1.82, 2.24) is 4.90 Å². The zero-order valence-corrected chi connectivity index (χ0v) is 11.5. The van der Waals surface area contributed by atoms with E-state index in [9.17, 15) is 0 Å². The normalized spacial score (nSPS) is 19.2. The van der Waals surface area contributed by atoms with Crippen molar-refractivity contribution in [3.8, 4) is 5.75 Å². The second kappa shape index (κ2) is 4.87. The summed E-state index contributed by atoms with van der Waals surface area (Å²) in [4.78, 5) is 2.32. The van der Waals surface area contributed by atoms with E-state index in [1.165, 1.54) is 5.56 Å². The van der Waals surface area contributed by atoms with Crippen LogP contribution in [-0.2, 0) is 0 Å². The third kappa shape index (κ3) is 2.58. The maximum absolute atomic E-state index is 6.00. The molecule has 0 N–H and O–H groups in total. The van der Waals surface area contributed by atoms with E-state index in [4.69, 9.17) is 16.3 Å². The lowest BCUT2D eigenvalue weighted by molar-refractivity contribution is 0.160.